The van der Waals surface area contributed by atoms with Crippen molar-refractivity contribution in [2.75, 3.05) is 12.4 Å². The van der Waals surface area contributed by atoms with Crippen molar-refractivity contribution >= 4 is 35.0 Å². The minimum absolute atomic E-state index is 0.191. The van der Waals surface area contributed by atoms with Gasteiger partial charge in [0.25, 0.3) is 5.56 Å². The van der Waals surface area contributed by atoms with Gasteiger partial charge in [-0.15, -0.1) is 11.8 Å². The molecular formula is C24H26Cl2N2O3S. The van der Waals surface area contributed by atoms with Crippen LogP contribution in [-0.2, 0) is 5.54 Å². The minimum atomic E-state index is -0.425. The Balaban J connectivity index is 1.61. The Morgan fingerprint density at radius 2 is 1.66 bits per heavy atom. The molecular weight excluding hydrogens is 467 g/mol. The molecule has 0 spiro atoms. The van der Waals surface area contributed by atoms with Crippen molar-refractivity contribution in [2.24, 2.45) is 0 Å². The molecule has 1 heterocycles. The van der Waals surface area contributed by atoms with Crippen molar-refractivity contribution in [2.45, 2.75) is 45.1 Å². The summed E-state index contributed by atoms with van der Waals surface area (Å²) in [5, 5.41) is 5.12. The van der Waals surface area contributed by atoms with Gasteiger partial charge in [0, 0.05) is 10.8 Å². The zero-order chi connectivity index (χ0) is 23.5. The summed E-state index contributed by atoms with van der Waals surface area (Å²) in [5.74, 6) is 2.90. The van der Waals surface area contributed by atoms with Crippen molar-refractivity contribution < 1.29 is 9.47 Å². The molecule has 0 radical (unpaired) electrons. The molecule has 2 aromatic carbocycles. The van der Waals surface area contributed by atoms with E-state index in [0.717, 1.165) is 28.4 Å². The lowest BCUT2D eigenvalue weighted by Crippen LogP contribution is -2.36. The molecule has 0 amide bonds. The largest absolute Gasteiger partial charge is 0.492 e. The van der Waals surface area contributed by atoms with Gasteiger partial charge in [-0.3, -0.25) is 4.79 Å². The number of benzene rings is 2. The molecule has 0 aliphatic heterocycles. The molecule has 0 saturated carbocycles. The molecule has 170 valence electrons. The molecule has 0 aliphatic carbocycles. The maximum absolute atomic E-state index is 12.5. The molecule has 0 fully saturated rings. The van der Waals surface area contributed by atoms with E-state index >= 15 is 0 Å². The van der Waals surface area contributed by atoms with E-state index in [9.17, 15) is 4.79 Å². The van der Waals surface area contributed by atoms with E-state index in [0.29, 0.717) is 22.3 Å². The van der Waals surface area contributed by atoms with E-state index in [1.165, 1.54) is 16.4 Å². The van der Waals surface area contributed by atoms with E-state index in [1.807, 2.05) is 58.9 Å². The zero-order valence-electron chi connectivity index (χ0n) is 18.7. The highest BCUT2D eigenvalue weighted by Crippen LogP contribution is 2.32. The number of rotatable bonds is 7. The van der Waals surface area contributed by atoms with Crippen molar-refractivity contribution in [3.05, 3.63) is 74.1 Å². The van der Waals surface area contributed by atoms with Gasteiger partial charge in [0.2, 0.25) is 0 Å². The molecule has 8 heteroatoms. The third kappa shape index (κ3) is 6.00. The monoisotopic (exact) mass is 492 g/mol. The van der Waals surface area contributed by atoms with Crippen LogP contribution < -0.4 is 15.0 Å². The molecule has 0 unspecified atom stereocenters. The molecule has 0 N–H and O–H groups in total. The summed E-state index contributed by atoms with van der Waals surface area (Å²) >= 11 is 13.7. The highest BCUT2D eigenvalue weighted by atomic mass is 35.5. The van der Waals surface area contributed by atoms with Crippen LogP contribution in [0.2, 0.25) is 10.0 Å². The number of nitrogens with zero attached hydrogens (tertiary/aromatic N) is 2. The van der Waals surface area contributed by atoms with Gasteiger partial charge < -0.3 is 9.47 Å². The maximum Gasteiger partial charge on any atom is 0.287 e. The van der Waals surface area contributed by atoms with Crippen LogP contribution in [0.4, 0.5) is 0 Å². The van der Waals surface area contributed by atoms with Crippen LogP contribution in [0.1, 0.15) is 31.9 Å². The predicted octanol–water partition coefficient (Wildman–Crippen LogP) is 6.89. The minimum Gasteiger partial charge on any atom is -0.492 e. The smallest absolute Gasteiger partial charge is 0.287 e. The molecule has 3 rings (SSSR count). The summed E-state index contributed by atoms with van der Waals surface area (Å²) in [6.45, 7) is 10.2. The second-order valence-corrected chi connectivity index (χ2v) is 10.3. The normalized spacial score (nSPS) is 11.5. The molecule has 0 aliphatic rings. The molecule has 32 heavy (non-hydrogen) atoms. The average molecular weight is 493 g/mol. The Labute approximate surface area is 202 Å². The summed E-state index contributed by atoms with van der Waals surface area (Å²) in [7, 11) is 0. The average Bonchev–Trinajstić information content (AvgIpc) is 2.70. The number of halogens is 2. The number of aryl methyl sites for hydroxylation is 2. The van der Waals surface area contributed by atoms with E-state index in [4.69, 9.17) is 32.7 Å². The fraction of sp³-hybridized carbons (Fsp3) is 0.333. The second kappa shape index (κ2) is 10.2. The topological polar surface area (TPSA) is 53.4 Å². The van der Waals surface area contributed by atoms with Gasteiger partial charge in [-0.1, -0.05) is 23.2 Å². The highest BCUT2D eigenvalue weighted by Gasteiger charge is 2.19. The third-order valence-electron chi connectivity index (χ3n) is 4.59. The summed E-state index contributed by atoms with van der Waals surface area (Å²) < 4.78 is 13.3. The molecule has 0 saturated heterocycles. The van der Waals surface area contributed by atoms with Crippen molar-refractivity contribution in [3.63, 3.8) is 0 Å². The molecule has 5 nitrogen and oxygen atoms in total. The Kier molecular flexibility index (Phi) is 7.80. The summed E-state index contributed by atoms with van der Waals surface area (Å²) in [6.07, 6.45) is 1.64. The number of aromatic nitrogens is 2. The zero-order valence-corrected chi connectivity index (χ0v) is 21.1. The lowest BCUT2D eigenvalue weighted by molar-refractivity contribution is 0.335. The molecule has 0 atom stereocenters. The maximum atomic E-state index is 12.5. The number of thioether (sulfide) groups is 1. The van der Waals surface area contributed by atoms with Gasteiger partial charge in [-0.2, -0.15) is 5.10 Å². The number of ether oxygens (including phenoxy) is 2. The van der Waals surface area contributed by atoms with Crippen LogP contribution >= 0.6 is 35.0 Å². The summed E-state index contributed by atoms with van der Waals surface area (Å²) in [4.78, 5) is 13.1. The van der Waals surface area contributed by atoms with Crippen molar-refractivity contribution in [1.82, 2.24) is 9.78 Å². The number of hydrogen-bond donors (Lipinski definition) is 0. The first kappa shape index (κ1) is 24.5. The third-order valence-corrected chi connectivity index (χ3v) is 6.31. The quantitative estimate of drug-likeness (QED) is 0.265. The van der Waals surface area contributed by atoms with Gasteiger partial charge >= 0.3 is 0 Å². The van der Waals surface area contributed by atoms with Crippen molar-refractivity contribution in [3.8, 4) is 17.2 Å². The van der Waals surface area contributed by atoms with E-state index in [-0.39, 0.29) is 10.6 Å². The summed E-state index contributed by atoms with van der Waals surface area (Å²) in [5.41, 5.74) is 1.25. The van der Waals surface area contributed by atoms with Gasteiger partial charge in [-0.05, 0) is 82.1 Å². The molecule has 1 aromatic heterocycles. The fourth-order valence-electron chi connectivity index (χ4n) is 3.13. The van der Waals surface area contributed by atoms with Crippen molar-refractivity contribution in [1.29, 1.82) is 0 Å². The van der Waals surface area contributed by atoms with Gasteiger partial charge in [0.05, 0.1) is 23.2 Å². The summed E-state index contributed by atoms with van der Waals surface area (Å²) in [6, 6.07) is 11.1. The lowest BCUT2D eigenvalue weighted by Gasteiger charge is -2.21. The first-order chi connectivity index (χ1) is 15.1. The molecule has 0 bridgehead atoms. The van der Waals surface area contributed by atoms with Gasteiger partial charge in [0.1, 0.15) is 22.3 Å². The van der Waals surface area contributed by atoms with E-state index in [2.05, 4.69) is 5.10 Å². The SMILES string of the molecule is Cc1cc(Oc2ccc(Cl)cc2)cc(C)c1OCCSc1cnn(C(C)(C)C)c(=O)c1Cl. The standard InChI is InChI=1S/C24H26Cl2N2O3S/c1-15-12-19(31-18-8-6-17(25)7-9-18)13-16(2)22(15)30-10-11-32-20-14-27-28(24(3,4)5)23(29)21(20)26/h6-9,12-14H,10-11H2,1-5H3. The van der Waals surface area contributed by atoms with E-state index < -0.39 is 5.54 Å². The highest BCUT2D eigenvalue weighted by molar-refractivity contribution is 7.99. The Bertz CT molecular complexity index is 1130. The number of hydrogen-bond acceptors (Lipinski definition) is 5. The fourth-order valence-corrected chi connectivity index (χ4v) is 4.27. The Hall–Kier alpha value is -2.15. The first-order valence-electron chi connectivity index (χ1n) is 10.1. The van der Waals surface area contributed by atoms with Crippen LogP contribution in [0.3, 0.4) is 0 Å². The predicted molar refractivity (Wildman–Crippen MR) is 132 cm³/mol. The Morgan fingerprint density at radius 1 is 1.03 bits per heavy atom. The van der Waals surface area contributed by atoms with Crippen LogP contribution in [-0.4, -0.2) is 22.1 Å². The Morgan fingerprint density at radius 3 is 2.25 bits per heavy atom. The van der Waals surface area contributed by atoms with E-state index in [1.54, 1.807) is 18.3 Å². The van der Waals surface area contributed by atoms with Crippen LogP contribution in [0.5, 0.6) is 17.2 Å². The first-order valence-corrected chi connectivity index (χ1v) is 11.9. The van der Waals surface area contributed by atoms with Crippen LogP contribution in [0, 0.1) is 13.8 Å². The second-order valence-electron chi connectivity index (χ2n) is 8.35. The molecule has 3 aromatic rings. The van der Waals surface area contributed by atoms with Gasteiger partial charge in [-0.25, -0.2) is 4.68 Å². The van der Waals surface area contributed by atoms with Crippen LogP contribution in [0.15, 0.2) is 52.3 Å². The lowest BCUT2D eigenvalue weighted by atomic mass is 10.1. The van der Waals surface area contributed by atoms with Crippen LogP contribution in [0.25, 0.3) is 0 Å². The van der Waals surface area contributed by atoms with Gasteiger partial charge in [0.15, 0.2) is 0 Å².